The first-order valence-electron chi connectivity index (χ1n) is 6.97. The predicted molar refractivity (Wildman–Crippen MR) is 81.4 cm³/mol. The normalized spacial score (nSPS) is 10.7. The van der Waals surface area contributed by atoms with Crippen molar-refractivity contribution in [1.29, 1.82) is 0 Å². The van der Waals surface area contributed by atoms with Crippen LogP contribution in [0.4, 0.5) is 0 Å². The minimum Gasteiger partial charge on any atom is -0.204 e. The average molecular weight is 260 g/mol. The van der Waals surface area contributed by atoms with Gasteiger partial charge in [-0.3, -0.25) is 0 Å². The Morgan fingerprint density at radius 2 is 1.05 bits per heavy atom. The van der Waals surface area contributed by atoms with Crippen LogP contribution in [0.15, 0.2) is 91.3 Å². The van der Waals surface area contributed by atoms with E-state index in [0.717, 1.165) is 6.54 Å². The van der Waals surface area contributed by atoms with Crippen LogP contribution in [-0.4, -0.2) is 0 Å². The third-order valence-corrected chi connectivity index (χ3v) is 3.57. The minimum atomic E-state index is 0.379. The summed E-state index contributed by atoms with van der Waals surface area (Å²) in [5, 5.41) is 0. The summed E-state index contributed by atoms with van der Waals surface area (Å²) >= 11 is 0. The van der Waals surface area contributed by atoms with Gasteiger partial charge in [-0.1, -0.05) is 66.7 Å². The highest BCUT2D eigenvalue weighted by atomic mass is 14.9. The Bertz CT molecular complexity index is 593. The molecule has 1 heteroatoms. The van der Waals surface area contributed by atoms with Crippen LogP contribution in [0.5, 0.6) is 0 Å². The van der Waals surface area contributed by atoms with E-state index in [9.17, 15) is 0 Å². The molecule has 0 aliphatic carbocycles. The molecule has 1 heterocycles. The van der Waals surface area contributed by atoms with Gasteiger partial charge >= 0.3 is 0 Å². The van der Waals surface area contributed by atoms with Gasteiger partial charge in [-0.15, -0.1) is 0 Å². The lowest BCUT2D eigenvalue weighted by atomic mass is 9.91. The zero-order valence-corrected chi connectivity index (χ0v) is 11.4. The molecule has 1 nitrogen and oxygen atoms in total. The Labute approximate surface area is 120 Å². The van der Waals surface area contributed by atoms with Crippen LogP contribution in [0.2, 0.25) is 0 Å². The molecule has 0 saturated carbocycles. The molecule has 0 atom stereocenters. The molecule has 0 spiro atoms. The van der Waals surface area contributed by atoms with Crippen LogP contribution in [0.3, 0.4) is 0 Å². The van der Waals surface area contributed by atoms with E-state index in [1.165, 1.54) is 11.1 Å². The molecular weight excluding hydrogens is 242 g/mol. The van der Waals surface area contributed by atoms with E-state index >= 15 is 0 Å². The third kappa shape index (κ3) is 2.94. The highest BCUT2D eigenvalue weighted by Crippen LogP contribution is 2.24. The van der Waals surface area contributed by atoms with Crippen molar-refractivity contribution in [3.8, 4) is 0 Å². The van der Waals surface area contributed by atoms with Gasteiger partial charge in [0.05, 0.1) is 5.92 Å². The van der Waals surface area contributed by atoms with Crippen molar-refractivity contribution in [1.82, 2.24) is 0 Å². The van der Waals surface area contributed by atoms with Crippen molar-refractivity contribution >= 4 is 0 Å². The van der Waals surface area contributed by atoms with Gasteiger partial charge in [-0.05, 0) is 11.1 Å². The topological polar surface area (TPSA) is 3.88 Å². The number of benzene rings is 2. The summed E-state index contributed by atoms with van der Waals surface area (Å²) in [5.41, 5.74) is 2.71. The Kier molecular flexibility index (Phi) is 3.88. The third-order valence-electron chi connectivity index (χ3n) is 3.57. The number of aromatic nitrogens is 1. The maximum atomic E-state index is 2.24. The fourth-order valence-corrected chi connectivity index (χ4v) is 2.54. The molecular formula is C19H18N+. The molecule has 20 heavy (non-hydrogen) atoms. The lowest BCUT2D eigenvalue weighted by molar-refractivity contribution is -0.698. The first kappa shape index (κ1) is 12.6. The number of nitrogens with zero attached hydrogens (tertiary/aromatic N) is 1. The molecule has 0 bridgehead atoms. The van der Waals surface area contributed by atoms with Crippen LogP contribution in [0, 0.1) is 0 Å². The lowest BCUT2D eigenvalue weighted by Crippen LogP contribution is -2.36. The SMILES string of the molecule is c1ccc(C(C[n+]2ccccc2)c2ccccc2)cc1. The van der Waals surface area contributed by atoms with Crippen molar-refractivity contribution in [2.75, 3.05) is 0 Å². The second-order valence-corrected chi connectivity index (χ2v) is 4.95. The molecule has 3 aromatic rings. The summed E-state index contributed by atoms with van der Waals surface area (Å²) in [7, 11) is 0. The maximum Gasteiger partial charge on any atom is 0.168 e. The molecule has 0 aliphatic heterocycles. The van der Waals surface area contributed by atoms with E-state index in [4.69, 9.17) is 0 Å². The highest BCUT2D eigenvalue weighted by molar-refractivity contribution is 5.31. The molecule has 0 N–H and O–H groups in total. The first-order chi connectivity index (χ1) is 9.93. The Morgan fingerprint density at radius 1 is 0.600 bits per heavy atom. The van der Waals surface area contributed by atoms with E-state index in [1.807, 2.05) is 0 Å². The summed E-state index contributed by atoms with van der Waals surface area (Å²) in [5.74, 6) is 0.379. The van der Waals surface area contributed by atoms with E-state index in [2.05, 4.69) is 95.8 Å². The monoisotopic (exact) mass is 260 g/mol. The summed E-state index contributed by atoms with van der Waals surface area (Å²) < 4.78 is 2.24. The fraction of sp³-hybridized carbons (Fsp3) is 0.105. The summed E-state index contributed by atoms with van der Waals surface area (Å²) in [4.78, 5) is 0. The number of hydrogen-bond donors (Lipinski definition) is 0. The van der Waals surface area contributed by atoms with Gasteiger partial charge in [0.1, 0.15) is 0 Å². The molecule has 0 unspecified atom stereocenters. The van der Waals surface area contributed by atoms with Crippen LogP contribution < -0.4 is 4.57 Å². The Morgan fingerprint density at radius 3 is 1.55 bits per heavy atom. The summed E-state index contributed by atoms with van der Waals surface area (Å²) in [6, 6.07) is 27.6. The molecule has 1 aromatic heterocycles. The van der Waals surface area contributed by atoms with Gasteiger partial charge in [0.25, 0.3) is 0 Å². The average Bonchev–Trinajstić information content (AvgIpc) is 2.55. The van der Waals surface area contributed by atoms with E-state index in [0.29, 0.717) is 5.92 Å². The van der Waals surface area contributed by atoms with Gasteiger partial charge in [0.15, 0.2) is 18.9 Å². The maximum absolute atomic E-state index is 2.24. The molecule has 3 rings (SSSR count). The highest BCUT2D eigenvalue weighted by Gasteiger charge is 2.18. The van der Waals surface area contributed by atoms with Crippen LogP contribution in [0.1, 0.15) is 17.0 Å². The van der Waals surface area contributed by atoms with Gasteiger partial charge in [-0.2, -0.15) is 0 Å². The van der Waals surface area contributed by atoms with Crippen molar-refractivity contribution < 1.29 is 4.57 Å². The molecule has 2 aromatic carbocycles. The van der Waals surface area contributed by atoms with Crippen LogP contribution in [0.25, 0.3) is 0 Å². The predicted octanol–water partition coefficient (Wildman–Crippen LogP) is 3.81. The lowest BCUT2D eigenvalue weighted by Gasteiger charge is -2.15. The van der Waals surface area contributed by atoms with E-state index in [1.54, 1.807) is 0 Å². The number of hydrogen-bond acceptors (Lipinski definition) is 0. The van der Waals surface area contributed by atoms with Crippen molar-refractivity contribution in [2.45, 2.75) is 12.5 Å². The van der Waals surface area contributed by atoms with Crippen LogP contribution in [-0.2, 0) is 6.54 Å². The van der Waals surface area contributed by atoms with Gasteiger partial charge < -0.3 is 0 Å². The zero-order chi connectivity index (χ0) is 13.6. The van der Waals surface area contributed by atoms with E-state index in [-0.39, 0.29) is 0 Å². The number of rotatable bonds is 4. The standard InChI is InChI=1S/C19H18N/c1-4-10-17(11-5-1)19(18-12-6-2-7-13-18)16-20-14-8-3-9-15-20/h1-15,19H,16H2/q+1. The molecule has 0 saturated heterocycles. The molecule has 0 radical (unpaired) electrons. The zero-order valence-electron chi connectivity index (χ0n) is 11.4. The molecule has 0 amide bonds. The minimum absolute atomic E-state index is 0.379. The van der Waals surface area contributed by atoms with Crippen LogP contribution >= 0.6 is 0 Å². The quantitative estimate of drug-likeness (QED) is 0.628. The Hall–Kier alpha value is -2.41. The summed E-state index contributed by atoms with van der Waals surface area (Å²) in [6.07, 6.45) is 4.25. The largest absolute Gasteiger partial charge is 0.204 e. The number of pyridine rings is 1. The molecule has 98 valence electrons. The van der Waals surface area contributed by atoms with Gasteiger partial charge in [-0.25, -0.2) is 4.57 Å². The fourth-order valence-electron chi connectivity index (χ4n) is 2.54. The molecule has 0 fully saturated rings. The second-order valence-electron chi connectivity index (χ2n) is 4.95. The first-order valence-corrected chi connectivity index (χ1v) is 6.97. The second kappa shape index (κ2) is 6.16. The Balaban J connectivity index is 1.96. The van der Waals surface area contributed by atoms with Crippen molar-refractivity contribution in [3.05, 3.63) is 102 Å². The smallest absolute Gasteiger partial charge is 0.168 e. The molecule has 0 aliphatic rings. The van der Waals surface area contributed by atoms with E-state index < -0.39 is 0 Å². The van der Waals surface area contributed by atoms with Gasteiger partial charge in [0.2, 0.25) is 0 Å². The van der Waals surface area contributed by atoms with Crippen molar-refractivity contribution in [3.63, 3.8) is 0 Å². The summed E-state index contributed by atoms with van der Waals surface area (Å²) in [6.45, 7) is 0.953. The van der Waals surface area contributed by atoms with Gasteiger partial charge in [0, 0.05) is 12.1 Å². The van der Waals surface area contributed by atoms with Crippen molar-refractivity contribution in [2.24, 2.45) is 0 Å².